The third kappa shape index (κ3) is 14.4. The number of esters is 1. The minimum atomic E-state index is -0.858. The fourth-order valence-corrected chi connectivity index (χ4v) is 13.2. The average Bonchev–Trinajstić information content (AvgIpc) is 2.15. The Labute approximate surface area is 517 Å². The van der Waals surface area contributed by atoms with Gasteiger partial charge in [-0.15, -0.1) is 0 Å². The number of fused-ring (bicyclic) bond motifs is 8. The second-order valence-electron chi connectivity index (χ2n) is 23.7. The van der Waals surface area contributed by atoms with Gasteiger partial charge in [0, 0.05) is 44.4 Å². The zero-order chi connectivity index (χ0) is 61.0. The molecule has 8 aliphatic rings. The molecular weight excluding hydrogens is 1100 g/mol. The molecule has 0 saturated carbocycles. The van der Waals surface area contributed by atoms with Crippen molar-refractivity contribution in [2.24, 2.45) is 5.41 Å². The predicted octanol–water partition coefficient (Wildman–Crippen LogP) is 5.70. The Hall–Kier alpha value is -7.50. The van der Waals surface area contributed by atoms with Crippen molar-refractivity contribution >= 4 is 48.7 Å². The van der Waals surface area contributed by atoms with Crippen molar-refractivity contribution in [3.8, 4) is 22.3 Å². The molecule has 4 aromatic carbocycles. The van der Waals surface area contributed by atoms with Crippen LogP contribution in [0.1, 0.15) is 134 Å². The van der Waals surface area contributed by atoms with E-state index in [0.717, 1.165) is 45.1 Å². The van der Waals surface area contributed by atoms with Gasteiger partial charge in [0.2, 0.25) is 0 Å². The third-order valence-electron chi connectivity index (χ3n) is 16.6. The molecule has 20 heteroatoms. The number of likely N-dealkylation sites (tertiary alicyclic amines) is 2. The summed E-state index contributed by atoms with van der Waals surface area (Å²) in [6.07, 6.45) is 15.1. The molecule has 2 aliphatic carbocycles. The molecule has 6 aliphatic heterocycles. The van der Waals surface area contributed by atoms with Gasteiger partial charge in [-0.05, 0) is 122 Å². The summed E-state index contributed by atoms with van der Waals surface area (Å²) in [5.41, 5.74) is 7.58. The summed E-state index contributed by atoms with van der Waals surface area (Å²) in [7, 11) is 0. The molecule has 2 spiro atoms. The quantitative estimate of drug-likeness (QED) is 0.0443. The van der Waals surface area contributed by atoms with Gasteiger partial charge in [0.15, 0.2) is 0 Å². The van der Waals surface area contributed by atoms with Crippen molar-refractivity contribution in [3.63, 3.8) is 0 Å². The van der Waals surface area contributed by atoms with Gasteiger partial charge in [-0.25, -0.2) is 9.59 Å². The third-order valence-corrected chi connectivity index (χ3v) is 16.6. The Morgan fingerprint density at radius 1 is 0.600 bits per heavy atom. The number of benzene rings is 4. The zero-order valence-electron chi connectivity index (χ0n) is 49.6. The number of carbonyl (C=O) groups is 6. The first-order valence-corrected chi connectivity index (χ1v) is 28.3. The summed E-state index contributed by atoms with van der Waals surface area (Å²) in [6.45, 7) is 16.0. The van der Waals surface area contributed by atoms with Gasteiger partial charge >= 0.3 is 60.0 Å². The molecule has 0 bridgehead atoms. The number of nitrogens with zero attached hydrogens (tertiary/aromatic N) is 4. The van der Waals surface area contributed by atoms with E-state index in [-0.39, 0.29) is 120 Å². The Balaban J connectivity index is 0.000000193. The van der Waals surface area contributed by atoms with Crippen LogP contribution in [0.4, 0.5) is 9.59 Å². The second kappa shape index (κ2) is 29.1. The second-order valence-corrected chi connectivity index (χ2v) is 23.7. The number of amides is 4. The molecule has 4 saturated heterocycles. The van der Waals surface area contributed by atoms with Crippen LogP contribution >= 0.6 is 0 Å². The van der Waals surface area contributed by atoms with E-state index in [0.29, 0.717) is 32.5 Å². The van der Waals surface area contributed by atoms with Crippen molar-refractivity contribution in [3.05, 3.63) is 144 Å². The van der Waals surface area contributed by atoms with Gasteiger partial charge in [0.25, 0.3) is 18.3 Å². The number of ether oxygens (including phenoxy) is 3. The maximum absolute atomic E-state index is 13.6. The van der Waals surface area contributed by atoms with Crippen LogP contribution in [0.2, 0.25) is 0 Å². The van der Waals surface area contributed by atoms with Crippen molar-refractivity contribution in [2.45, 2.75) is 146 Å². The molecular formula is C65H73N4NaO15. The van der Waals surface area contributed by atoms with E-state index >= 15 is 0 Å². The minimum absolute atomic E-state index is 0. The maximum Gasteiger partial charge on any atom is 1.00 e. The molecule has 444 valence electrons. The largest absolute Gasteiger partial charge is 1.00 e. The van der Waals surface area contributed by atoms with Gasteiger partial charge in [-0.3, -0.25) is 29.0 Å². The van der Waals surface area contributed by atoms with Crippen molar-refractivity contribution in [1.82, 2.24) is 19.6 Å². The van der Waals surface area contributed by atoms with Gasteiger partial charge in [0.1, 0.15) is 29.9 Å². The fraction of sp³-hybridized carbons (Fsp3) is 0.446. The standard InChI is InChI=1S/C26H26N2O3.C20H32N2O3.C16H14O2.CH2O3.2CO2.Na/c29-24-26(14-12-18-7-5-15-27(18)24)13-6-16-28(26)25(30)31-17-23-21-10-3-1-8-19(21)20-9-2-4-11-22(20)23;1-18(2,3)15-9-8-14-10-12-20(16(23)22(14)15)11-7-13-21(20)17(24)25-19(4,5)6;1-11(17)18-10-16-14-8-4-2-6-12(14)13-7-3-5-9-15(13)16;2-1-4-3;2*2-1-3;/h1-4,8-12,14,18,23H,5-7,13,15-17H2;10,12,14-15H,7-9,11,13H2,1-6H3;2-9,16H,10H2,1H3;1,3H;;;/q;;;;;;+1/p-1/t18-,26+;14-,15-,20+;;;;;/m00...../s1. The Morgan fingerprint density at radius 3 is 1.44 bits per heavy atom. The van der Waals surface area contributed by atoms with E-state index in [2.05, 4.69) is 91.2 Å². The Kier molecular flexibility index (Phi) is 22.8. The van der Waals surface area contributed by atoms with Crippen molar-refractivity contribution in [1.29, 1.82) is 0 Å². The molecule has 19 nitrogen and oxygen atoms in total. The van der Waals surface area contributed by atoms with E-state index in [1.54, 1.807) is 9.80 Å². The van der Waals surface area contributed by atoms with Gasteiger partial charge in [-0.1, -0.05) is 142 Å². The zero-order valence-corrected chi connectivity index (χ0v) is 51.6. The molecule has 0 unspecified atom stereocenters. The monoisotopic (exact) mass is 1170 g/mol. The summed E-state index contributed by atoms with van der Waals surface area (Å²) >= 11 is 0. The molecule has 4 aromatic rings. The van der Waals surface area contributed by atoms with Crippen LogP contribution in [-0.4, -0.2) is 136 Å². The molecule has 4 fully saturated rings. The van der Waals surface area contributed by atoms with Crippen molar-refractivity contribution in [2.75, 3.05) is 32.8 Å². The summed E-state index contributed by atoms with van der Waals surface area (Å²) in [4.78, 5) is 115. The summed E-state index contributed by atoms with van der Waals surface area (Å²) < 4.78 is 16.7. The number of hydrogen-bond acceptors (Lipinski definition) is 15. The first kappa shape index (κ1) is 66.6. The molecule has 4 amide bonds. The fourth-order valence-electron chi connectivity index (χ4n) is 13.2. The Morgan fingerprint density at radius 2 is 1.01 bits per heavy atom. The smallest absolute Gasteiger partial charge is 0.662 e. The van der Waals surface area contributed by atoms with Crippen molar-refractivity contribution < 1.29 is 102 Å². The molecule has 6 heterocycles. The number of carbonyl (C=O) groups excluding carboxylic acids is 10. The van der Waals surface area contributed by atoms with Gasteiger partial charge in [0.05, 0.1) is 12.1 Å². The topological polar surface area (TPSA) is 244 Å². The van der Waals surface area contributed by atoms with E-state index in [9.17, 15) is 24.0 Å². The first-order valence-electron chi connectivity index (χ1n) is 28.3. The molecule has 0 N–H and O–H groups in total. The van der Waals surface area contributed by atoms with E-state index in [1.165, 1.54) is 51.4 Å². The summed E-state index contributed by atoms with van der Waals surface area (Å²) in [6, 6.07) is 33.9. The normalized spacial score (nSPS) is 22.3. The van der Waals surface area contributed by atoms with Gasteiger partial charge < -0.3 is 34.2 Å². The molecule has 85 heavy (non-hydrogen) atoms. The van der Waals surface area contributed by atoms with Gasteiger partial charge in [-0.2, -0.15) is 19.2 Å². The van der Waals surface area contributed by atoms with Crippen LogP contribution < -0.4 is 34.8 Å². The molecule has 0 radical (unpaired) electrons. The summed E-state index contributed by atoms with van der Waals surface area (Å²) in [5, 5.41) is 8.43. The van der Waals surface area contributed by atoms with Crippen LogP contribution in [0, 0.1) is 5.41 Å². The maximum atomic E-state index is 13.6. The summed E-state index contributed by atoms with van der Waals surface area (Å²) in [5.74, 6) is 0.123. The van der Waals surface area contributed by atoms with Crippen LogP contribution in [0.15, 0.2) is 121 Å². The van der Waals surface area contributed by atoms with Crippen LogP contribution in [-0.2, 0) is 57.5 Å². The predicted molar refractivity (Wildman–Crippen MR) is 302 cm³/mol. The SMILES string of the molecule is CC(=O)OCC1c2ccccc2-c2ccccc21.CC(C)(C)OC(=O)N1CCC[C@]12C=C[C@@H]1CC[C@@H](C(C)(C)C)N1C2=O.O=C(OCC1c2ccccc2-c2ccccc21)N1CCC[C@]12C=C[C@@H]1CCCN1C2=O.O=C=O.O=C=O.O=CO[O-].[Na+]. The number of hydrogen-bond donors (Lipinski definition) is 0. The minimum Gasteiger partial charge on any atom is -0.662 e. The average molecular weight is 1170 g/mol. The first-order chi connectivity index (χ1) is 40.2. The van der Waals surface area contributed by atoms with Crippen LogP contribution in [0.3, 0.4) is 0 Å². The Bertz CT molecular complexity index is 3090. The van der Waals surface area contributed by atoms with E-state index in [4.69, 9.17) is 43.4 Å². The number of rotatable bonds is 5. The van der Waals surface area contributed by atoms with E-state index in [1.807, 2.05) is 86.4 Å². The molecule has 12 rings (SSSR count). The van der Waals surface area contributed by atoms with Crippen LogP contribution in [0.25, 0.3) is 22.3 Å². The van der Waals surface area contributed by atoms with Crippen LogP contribution in [0.5, 0.6) is 0 Å². The molecule has 5 atom stereocenters. The molecule has 0 aromatic heterocycles. The van der Waals surface area contributed by atoms with E-state index < -0.39 is 16.7 Å².